The van der Waals surface area contributed by atoms with Crippen molar-refractivity contribution in [1.82, 2.24) is 19.5 Å². The van der Waals surface area contributed by atoms with Crippen molar-refractivity contribution >= 4 is 21.8 Å². The van der Waals surface area contributed by atoms with Gasteiger partial charge in [-0.1, -0.05) is 0 Å². The van der Waals surface area contributed by atoms with E-state index < -0.39 is 41.8 Å². The van der Waals surface area contributed by atoms with Crippen LogP contribution in [-0.2, 0) is 16.6 Å². The summed E-state index contributed by atoms with van der Waals surface area (Å²) in [6.45, 7) is -2.81. The predicted molar refractivity (Wildman–Crippen MR) is 101 cm³/mol. The van der Waals surface area contributed by atoms with Gasteiger partial charge in [0.05, 0.1) is 48.5 Å². The van der Waals surface area contributed by atoms with Gasteiger partial charge in [-0.3, -0.25) is 9.19 Å². The minimum absolute atomic E-state index is 0.0252. The van der Waals surface area contributed by atoms with Crippen LogP contribution in [0.5, 0.6) is 5.75 Å². The highest BCUT2D eigenvalue weighted by Crippen LogP contribution is 2.22. The summed E-state index contributed by atoms with van der Waals surface area (Å²) in [6, 6.07) is 3.90. The van der Waals surface area contributed by atoms with Gasteiger partial charge < -0.3 is 14.3 Å². The molecule has 0 aliphatic carbocycles. The van der Waals surface area contributed by atoms with Crippen molar-refractivity contribution in [2.45, 2.75) is 17.8 Å². The van der Waals surface area contributed by atoms with Crippen LogP contribution in [0.3, 0.4) is 0 Å². The van der Waals surface area contributed by atoms with E-state index in [9.17, 15) is 4.21 Å². The summed E-state index contributed by atoms with van der Waals surface area (Å²) in [5.74, 6) is -0.876. The molecule has 132 valence electrons. The quantitative estimate of drug-likeness (QED) is 0.580. The highest BCUT2D eigenvalue weighted by Gasteiger charge is 2.15. The lowest BCUT2D eigenvalue weighted by Gasteiger charge is -2.08. The van der Waals surface area contributed by atoms with E-state index in [0.717, 1.165) is 12.3 Å². The molecule has 0 saturated carbocycles. The second kappa shape index (κ2) is 6.76. The molecule has 0 bridgehead atoms. The summed E-state index contributed by atoms with van der Waals surface area (Å²) >= 11 is 0. The maximum Gasteiger partial charge on any atom is 0.197 e. The van der Waals surface area contributed by atoms with Crippen molar-refractivity contribution < 1.29 is 21.3 Å². The Morgan fingerprint density at radius 2 is 2.27 bits per heavy atom. The maximum absolute atomic E-state index is 13.1. The van der Waals surface area contributed by atoms with E-state index in [1.165, 1.54) is 4.57 Å². The van der Waals surface area contributed by atoms with E-state index in [2.05, 4.69) is 15.0 Å². The van der Waals surface area contributed by atoms with Crippen LogP contribution in [0.1, 0.15) is 23.6 Å². The number of hydrogen-bond donors (Lipinski definition) is 1. The maximum atomic E-state index is 13.1. The number of benzene rings is 1. The van der Waals surface area contributed by atoms with Crippen LogP contribution >= 0.6 is 0 Å². The van der Waals surface area contributed by atoms with E-state index >= 15 is 0 Å². The van der Waals surface area contributed by atoms with Gasteiger partial charge in [-0.15, -0.1) is 0 Å². The van der Waals surface area contributed by atoms with Gasteiger partial charge in [0.2, 0.25) is 0 Å². The van der Waals surface area contributed by atoms with Crippen molar-refractivity contribution in [3.05, 3.63) is 66.2 Å². The van der Waals surface area contributed by atoms with Crippen molar-refractivity contribution in [1.29, 1.82) is 0 Å². The van der Waals surface area contributed by atoms with Gasteiger partial charge in [-0.05, 0) is 43.2 Å². The molecule has 1 atom stereocenters. The second-order valence-corrected chi connectivity index (χ2v) is 6.67. The number of rotatable bonds is 5. The Labute approximate surface area is 166 Å². The normalized spacial score (nSPS) is 18.4. The van der Waals surface area contributed by atoms with Crippen LogP contribution in [0.25, 0.3) is 16.7 Å². The summed E-state index contributed by atoms with van der Waals surface area (Å²) in [4.78, 5) is 10.9. The Balaban J connectivity index is 1.77. The minimum Gasteiger partial charge on any atom is -0.496 e. The third-order valence-electron chi connectivity index (χ3n) is 3.67. The lowest BCUT2D eigenvalue weighted by Crippen LogP contribution is -2.03. The number of nitrogens with zero attached hydrogens (tertiary/aromatic N) is 3. The van der Waals surface area contributed by atoms with Gasteiger partial charge in [-0.2, -0.15) is 0 Å². The van der Waals surface area contributed by atoms with E-state index in [0.29, 0.717) is 0 Å². The molecule has 1 N–H and O–H groups in total. The highest BCUT2D eigenvalue weighted by molar-refractivity contribution is 7.84. The largest absolute Gasteiger partial charge is 0.496 e. The molecule has 0 fully saturated rings. The summed E-state index contributed by atoms with van der Waals surface area (Å²) in [7, 11) is -4.93. The molecular weight excluding hydrogens is 348 g/mol. The fraction of sp³-hybridized carbons (Fsp3) is 0.158. The zero-order valence-corrected chi connectivity index (χ0v) is 14.1. The Bertz CT molecular complexity index is 1430. The molecule has 1 aromatic carbocycles. The first kappa shape index (κ1) is 9.14. The number of nitrogens with one attached hydrogen (secondary N) is 1. The average molecular weight is 376 g/mol. The van der Waals surface area contributed by atoms with Crippen molar-refractivity contribution in [3.63, 3.8) is 0 Å². The van der Waals surface area contributed by atoms with Crippen molar-refractivity contribution in [3.8, 4) is 11.4 Å². The first-order valence-electron chi connectivity index (χ1n) is 12.0. The summed E-state index contributed by atoms with van der Waals surface area (Å²) in [5.41, 5.74) is -0.429. The van der Waals surface area contributed by atoms with E-state index in [1.54, 1.807) is 24.5 Å². The Kier molecular flexibility index (Phi) is 2.38. The van der Waals surface area contributed by atoms with Crippen LogP contribution in [-0.4, -0.2) is 30.8 Å². The number of imidazole rings is 1. The fourth-order valence-corrected chi connectivity index (χ4v) is 3.41. The number of aromatic nitrogens is 4. The third kappa shape index (κ3) is 3.01. The molecule has 0 aliphatic heterocycles. The molecule has 0 saturated heterocycles. The molecule has 3 heterocycles. The molecule has 26 heavy (non-hydrogen) atoms. The van der Waals surface area contributed by atoms with Gasteiger partial charge in [0.1, 0.15) is 5.75 Å². The number of ether oxygens (including phenoxy) is 1. The molecule has 0 aliphatic rings. The van der Waals surface area contributed by atoms with Crippen molar-refractivity contribution in [2.75, 3.05) is 7.04 Å². The van der Waals surface area contributed by atoms with Crippen LogP contribution in [0.15, 0.2) is 60.1 Å². The molecule has 3 aromatic heterocycles. The molecule has 0 radical (unpaired) electrons. The summed E-state index contributed by atoms with van der Waals surface area (Å²) in [5, 5.41) is -0.147. The zero-order chi connectivity index (χ0) is 25.7. The summed E-state index contributed by atoms with van der Waals surface area (Å²) in [6.07, 6.45) is 4.41. The number of aromatic amines is 1. The summed E-state index contributed by atoms with van der Waals surface area (Å²) < 4.78 is 89.9. The van der Waals surface area contributed by atoms with Crippen LogP contribution in [0, 0.1) is 6.85 Å². The number of methoxy groups -OCH3 is 1. The molecule has 7 heteroatoms. The van der Waals surface area contributed by atoms with Gasteiger partial charge >= 0.3 is 0 Å². The number of hydrogen-bond acceptors (Lipinski definition) is 4. The Morgan fingerprint density at radius 1 is 1.38 bits per heavy atom. The SMILES string of the molecule is [2H]c1c(-n2cccc2)c([2H])c2[nH]c(S(=O)Cc3nccc(OC([2H])([2H])[2H])c3C([2H])([2H])[2H])nc2c1[2H]. The molecule has 6 nitrogen and oxygen atoms in total. The molecular formula is C19H18N4O2S. The van der Waals surface area contributed by atoms with Crippen LogP contribution in [0.4, 0.5) is 0 Å². The van der Waals surface area contributed by atoms with Crippen LogP contribution < -0.4 is 4.74 Å². The second-order valence-electron chi connectivity index (χ2n) is 5.30. The van der Waals surface area contributed by atoms with E-state index in [-0.39, 0.29) is 45.7 Å². The van der Waals surface area contributed by atoms with E-state index in [4.69, 9.17) is 17.1 Å². The average Bonchev–Trinajstić information content (AvgIpc) is 3.41. The zero-order valence-electron chi connectivity index (χ0n) is 22.2. The molecule has 4 rings (SSSR count). The Hall–Kier alpha value is -2.93. The number of pyridine rings is 1. The first-order chi connectivity index (χ1) is 16.3. The number of H-pyrrole nitrogens is 1. The lowest BCUT2D eigenvalue weighted by molar-refractivity contribution is 0.410. The third-order valence-corrected chi connectivity index (χ3v) is 4.83. The topological polar surface area (TPSA) is 72.8 Å². The monoisotopic (exact) mass is 375 g/mol. The highest BCUT2D eigenvalue weighted by atomic mass is 32.2. The molecule has 0 spiro atoms. The van der Waals surface area contributed by atoms with Gasteiger partial charge in [0, 0.05) is 34.0 Å². The van der Waals surface area contributed by atoms with Crippen LogP contribution in [0.2, 0.25) is 0 Å². The van der Waals surface area contributed by atoms with Gasteiger partial charge in [-0.25, -0.2) is 4.98 Å². The Morgan fingerprint density at radius 3 is 3.08 bits per heavy atom. The first-order valence-corrected chi connectivity index (χ1v) is 8.78. The minimum atomic E-state index is -2.91. The lowest BCUT2D eigenvalue weighted by atomic mass is 10.2. The predicted octanol–water partition coefficient (Wildman–Crippen LogP) is 3.37. The standard InChI is InChI=1S/C19H18N4O2S/c1-13-17(20-8-7-18(13)25-2)12-26(24)19-21-15-6-5-14(11-16(15)22-19)23-9-3-4-10-23/h3-11H,12H2,1-2H3,(H,21,22)/i1D3,2D3,5D,6D,11D. The molecule has 0 amide bonds. The van der Waals surface area contributed by atoms with E-state index in [1.807, 2.05) is 0 Å². The number of fused-ring (bicyclic) bond motifs is 1. The fourth-order valence-electron chi connectivity index (χ4n) is 2.39. The molecule has 1 unspecified atom stereocenters. The van der Waals surface area contributed by atoms with Crippen molar-refractivity contribution in [2.24, 2.45) is 0 Å². The van der Waals surface area contributed by atoms with Gasteiger partial charge in [0.25, 0.3) is 0 Å². The van der Waals surface area contributed by atoms with Gasteiger partial charge in [0.15, 0.2) is 5.16 Å². The smallest absolute Gasteiger partial charge is 0.197 e. The molecule has 4 aromatic rings.